The van der Waals surface area contributed by atoms with Gasteiger partial charge in [-0.15, -0.1) is 0 Å². The van der Waals surface area contributed by atoms with Gasteiger partial charge in [0.2, 0.25) is 5.91 Å². The van der Waals surface area contributed by atoms with Crippen molar-refractivity contribution in [2.75, 3.05) is 26.7 Å². The number of methoxy groups -OCH3 is 1. The number of rotatable bonds is 11. The molecule has 0 aromatic heterocycles. The highest BCUT2D eigenvalue weighted by molar-refractivity contribution is 5.76. The summed E-state index contributed by atoms with van der Waals surface area (Å²) in [6, 6.07) is 21.7. The molecule has 1 saturated heterocycles. The summed E-state index contributed by atoms with van der Waals surface area (Å²) >= 11 is 0. The van der Waals surface area contributed by atoms with Crippen LogP contribution in [-0.4, -0.2) is 54.5 Å². The molecule has 0 saturated carbocycles. The van der Waals surface area contributed by atoms with Gasteiger partial charge in [0.1, 0.15) is 0 Å². The van der Waals surface area contributed by atoms with Gasteiger partial charge < -0.3 is 9.64 Å². The van der Waals surface area contributed by atoms with E-state index in [9.17, 15) is 9.59 Å². The minimum absolute atomic E-state index is 0.139. The van der Waals surface area contributed by atoms with Crippen LogP contribution in [0.1, 0.15) is 69.0 Å². The highest BCUT2D eigenvalue weighted by Gasteiger charge is 2.32. The molecule has 1 aliphatic heterocycles. The van der Waals surface area contributed by atoms with Gasteiger partial charge in [-0.05, 0) is 30.9 Å². The fourth-order valence-electron chi connectivity index (χ4n) is 4.80. The Kier molecular flexibility index (Phi) is 9.95. The van der Waals surface area contributed by atoms with E-state index in [1.165, 1.54) is 18.2 Å². The number of unbranched alkanes of at least 4 members (excludes halogenated alkanes) is 4. The molecule has 0 unspecified atom stereocenters. The van der Waals surface area contributed by atoms with Gasteiger partial charge >= 0.3 is 5.97 Å². The summed E-state index contributed by atoms with van der Waals surface area (Å²) in [5.74, 6) is 0.132. The zero-order valence-electron chi connectivity index (χ0n) is 20.1. The van der Waals surface area contributed by atoms with E-state index in [0.29, 0.717) is 12.8 Å². The number of nitrogens with zero attached hydrogens (tertiary/aromatic N) is 2. The van der Waals surface area contributed by atoms with E-state index in [-0.39, 0.29) is 24.0 Å². The van der Waals surface area contributed by atoms with Crippen LogP contribution in [-0.2, 0) is 14.3 Å². The summed E-state index contributed by atoms with van der Waals surface area (Å²) in [4.78, 5) is 28.6. The van der Waals surface area contributed by atoms with E-state index in [1.807, 2.05) is 0 Å². The van der Waals surface area contributed by atoms with Gasteiger partial charge in [0.15, 0.2) is 0 Å². The van der Waals surface area contributed by atoms with E-state index in [1.54, 1.807) is 0 Å². The lowest BCUT2D eigenvalue weighted by atomic mass is 9.95. The Morgan fingerprint density at radius 1 is 0.848 bits per heavy atom. The average Bonchev–Trinajstić information content (AvgIpc) is 2.84. The quantitative estimate of drug-likeness (QED) is 0.348. The molecule has 1 atom stereocenters. The maximum absolute atomic E-state index is 12.9. The standard InChI is InChI=1S/C28H38N2O3/c1-23-22-29(28(24-14-8-6-9-15-24)25-16-10-7-11-17-25)20-21-30(23)26(31)18-12-4-3-5-13-19-27(32)33-2/h6-11,14-17,23,28H,3-5,12-13,18-22H2,1-2H3/t23-/m0/s1. The minimum Gasteiger partial charge on any atom is -0.469 e. The molecule has 33 heavy (non-hydrogen) atoms. The number of benzene rings is 2. The summed E-state index contributed by atoms with van der Waals surface area (Å²) in [5, 5.41) is 0. The molecule has 3 rings (SSSR count). The number of hydrogen-bond donors (Lipinski definition) is 0. The van der Waals surface area contributed by atoms with Crippen molar-refractivity contribution in [2.24, 2.45) is 0 Å². The van der Waals surface area contributed by atoms with Crippen LogP contribution in [0.15, 0.2) is 60.7 Å². The van der Waals surface area contributed by atoms with Crippen molar-refractivity contribution in [3.8, 4) is 0 Å². The lowest BCUT2D eigenvalue weighted by Crippen LogP contribution is -2.54. The van der Waals surface area contributed by atoms with Crippen LogP contribution < -0.4 is 0 Å². The monoisotopic (exact) mass is 450 g/mol. The third-order valence-corrected chi connectivity index (χ3v) is 6.57. The molecule has 2 aromatic carbocycles. The summed E-state index contributed by atoms with van der Waals surface area (Å²) in [6.07, 6.45) is 5.99. The molecule has 0 spiro atoms. The first-order chi connectivity index (χ1) is 16.1. The zero-order chi connectivity index (χ0) is 23.5. The number of carbonyl (C=O) groups excluding carboxylic acids is 2. The molecule has 1 aliphatic rings. The zero-order valence-corrected chi connectivity index (χ0v) is 20.1. The number of hydrogen-bond acceptors (Lipinski definition) is 4. The van der Waals surface area contributed by atoms with Gasteiger partial charge in [0, 0.05) is 38.5 Å². The second-order valence-corrected chi connectivity index (χ2v) is 9.00. The molecule has 2 aromatic rings. The molecular formula is C28H38N2O3. The number of amides is 1. The Morgan fingerprint density at radius 3 is 1.94 bits per heavy atom. The number of carbonyl (C=O) groups is 2. The van der Waals surface area contributed by atoms with Crippen molar-refractivity contribution in [2.45, 2.75) is 64.0 Å². The van der Waals surface area contributed by atoms with Crippen molar-refractivity contribution in [1.82, 2.24) is 9.80 Å². The van der Waals surface area contributed by atoms with Crippen LogP contribution in [0, 0.1) is 0 Å². The molecule has 1 fully saturated rings. The number of ether oxygens (including phenoxy) is 1. The Hall–Kier alpha value is -2.66. The Bertz CT molecular complexity index is 816. The molecule has 1 heterocycles. The second-order valence-electron chi connectivity index (χ2n) is 9.00. The van der Waals surface area contributed by atoms with E-state index in [0.717, 1.165) is 51.7 Å². The lowest BCUT2D eigenvalue weighted by molar-refractivity contribution is -0.140. The van der Waals surface area contributed by atoms with Crippen LogP contribution in [0.5, 0.6) is 0 Å². The van der Waals surface area contributed by atoms with Crippen LogP contribution in [0.4, 0.5) is 0 Å². The summed E-state index contributed by atoms with van der Waals surface area (Å²) < 4.78 is 4.67. The predicted molar refractivity (Wildman–Crippen MR) is 132 cm³/mol. The van der Waals surface area contributed by atoms with Gasteiger partial charge in [-0.3, -0.25) is 14.5 Å². The van der Waals surface area contributed by atoms with Crippen molar-refractivity contribution in [3.63, 3.8) is 0 Å². The van der Waals surface area contributed by atoms with Crippen molar-refractivity contribution < 1.29 is 14.3 Å². The summed E-state index contributed by atoms with van der Waals surface area (Å²) in [5.41, 5.74) is 2.59. The molecule has 5 heteroatoms. The number of esters is 1. The van der Waals surface area contributed by atoms with Crippen LogP contribution in [0.25, 0.3) is 0 Å². The first kappa shape index (κ1) is 25.0. The maximum atomic E-state index is 12.9. The lowest BCUT2D eigenvalue weighted by Gasteiger charge is -2.43. The van der Waals surface area contributed by atoms with E-state index >= 15 is 0 Å². The van der Waals surface area contributed by atoms with Gasteiger partial charge in [-0.2, -0.15) is 0 Å². The van der Waals surface area contributed by atoms with Crippen molar-refractivity contribution >= 4 is 11.9 Å². The Balaban J connectivity index is 1.49. The highest BCUT2D eigenvalue weighted by atomic mass is 16.5. The maximum Gasteiger partial charge on any atom is 0.305 e. The average molecular weight is 451 g/mol. The van der Waals surface area contributed by atoms with E-state index in [2.05, 4.69) is 82.1 Å². The molecule has 0 radical (unpaired) electrons. The first-order valence-corrected chi connectivity index (χ1v) is 12.3. The number of piperazine rings is 1. The van der Waals surface area contributed by atoms with Gasteiger partial charge in [0.25, 0.3) is 0 Å². The molecular weight excluding hydrogens is 412 g/mol. The van der Waals surface area contributed by atoms with Gasteiger partial charge in [0.05, 0.1) is 13.2 Å². The van der Waals surface area contributed by atoms with E-state index < -0.39 is 0 Å². The van der Waals surface area contributed by atoms with Crippen LogP contribution in [0.3, 0.4) is 0 Å². The largest absolute Gasteiger partial charge is 0.469 e. The Morgan fingerprint density at radius 2 is 1.39 bits per heavy atom. The highest BCUT2D eigenvalue weighted by Crippen LogP contribution is 2.30. The molecule has 1 amide bonds. The van der Waals surface area contributed by atoms with Crippen LogP contribution >= 0.6 is 0 Å². The Labute approximate surface area is 198 Å². The topological polar surface area (TPSA) is 49.9 Å². The third-order valence-electron chi connectivity index (χ3n) is 6.57. The first-order valence-electron chi connectivity index (χ1n) is 12.3. The van der Waals surface area contributed by atoms with Crippen LogP contribution in [0.2, 0.25) is 0 Å². The van der Waals surface area contributed by atoms with Gasteiger partial charge in [-0.25, -0.2) is 0 Å². The normalized spacial score (nSPS) is 16.7. The van der Waals surface area contributed by atoms with Gasteiger partial charge in [-0.1, -0.05) is 79.9 Å². The summed E-state index contributed by atoms with van der Waals surface area (Å²) in [7, 11) is 1.43. The minimum atomic E-state index is -0.139. The smallest absolute Gasteiger partial charge is 0.305 e. The molecule has 178 valence electrons. The van der Waals surface area contributed by atoms with Crippen molar-refractivity contribution in [3.05, 3.63) is 71.8 Å². The fraction of sp³-hybridized carbons (Fsp3) is 0.500. The molecule has 0 N–H and O–H groups in total. The molecule has 5 nitrogen and oxygen atoms in total. The van der Waals surface area contributed by atoms with Crippen molar-refractivity contribution in [1.29, 1.82) is 0 Å². The fourth-order valence-corrected chi connectivity index (χ4v) is 4.80. The SMILES string of the molecule is COC(=O)CCCCCCCC(=O)N1CCN(C(c2ccccc2)c2ccccc2)C[C@@H]1C. The second kappa shape index (κ2) is 13.1. The summed E-state index contributed by atoms with van der Waals surface area (Å²) in [6.45, 7) is 4.69. The molecule has 0 aliphatic carbocycles. The third kappa shape index (κ3) is 7.43. The molecule has 0 bridgehead atoms. The predicted octanol–water partition coefficient (Wildman–Crippen LogP) is 5.21. The van der Waals surface area contributed by atoms with E-state index in [4.69, 9.17) is 0 Å².